The molecule has 1 aromatic carbocycles. The van der Waals surface area contributed by atoms with Gasteiger partial charge in [-0.05, 0) is 45.1 Å². The molecule has 4 rings (SSSR count). The molecule has 2 aliphatic rings. The fourth-order valence-electron chi connectivity index (χ4n) is 4.32. The molecule has 1 saturated heterocycles. The van der Waals surface area contributed by atoms with Crippen LogP contribution in [0.1, 0.15) is 40.3 Å². The molecule has 1 fully saturated rings. The van der Waals surface area contributed by atoms with E-state index in [0.717, 1.165) is 42.9 Å². The van der Waals surface area contributed by atoms with Gasteiger partial charge in [0.15, 0.2) is 0 Å². The van der Waals surface area contributed by atoms with Crippen molar-refractivity contribution < 1.29 is 14.0 Å². The van der Waals surface area contributed by atoms with Crippen molar-refractivity contribution in [3.05, 3.63) is 59.0 Å². The molecule has 29 heavy (non-hydrogen) atoms. The van der Waals surface area contributed by atoms with Gasteiger partial charge in [0.2, 0.25) is 5.91 Å². The maximum absolute atomic E-state index is 13.1. The van der Waals surface area contributed by atoms with Crippen molar-refractivity contribution in [2.75, 3.05) is 33.7 Å². The first kappa shape index (κ1) is 19.7. The molecule has 1 aromatic heterocycles. The fraction of sp³-hybridized carbons (Fsp3) is 0.478. The van der Waals surface area contributed by atoms with E-state index in [2.05, 4.69) is 11.0 Å². The van der Waals surface area contributed by atoms with Crippen LogP contribution < -0.4 is 0 Å². The van der Waals surface area contributed by atoms with E-state index >= 15 is 0 Å². The molecule has 0 saturated carbocycles. The SMILES string of the molecule is CN(C)Cc1cc2c(o1)CCN(C(=O)C1CCN(C(=O)c3ccccc3)CC1)C2. The van der Waals surface area contributed by atoms with Gasteiger partial charge in [0.25, 0.3) is 5.91 Å². The van der Waals surface area contributed by atoms with Crippen molar-refractivity contribution in [3.8, 4) is 0 Å². The molecule has 2 aliphatic heterocycles. The topological polar surface area (TPSA) is 57.0 Å². The van der Waals surface area contributed by atoms with Gasteiger partial charge in [-0.15, -0.1) is 0 Å². The third-order valence-electron chi connectivity index (χ3n) is 5.85. The standard InChI is InChI=1S/C23H29N3O3/c1-24(2)16-20-14-19-15-26(13-10-21(19)29-20)23(28)18-8-11-25(12-9-18)22(27)17-6-4-3-5-7-17/h3-7,14,18H,8-13,15-16H2,1-2H3. The Balaban J connectivity index is 1.33. The Morgan fingerprint density at radius 1 is 1.07 bits per heavy atom. The van der Waals surface area contributed by atoms with Crippen LogP contribution in [0.15, 0.2) is 40.8 Å². The van der Waals surface area contributed by atoms with Crippen LogP contribution in [0.4, 0.5) is 0 Å². The molecule has 0 spiro atoms. The fourth-order valence-corrected chi connectivity index (χ4v) is 4.32. The van der Waals surface area contributed by atoms with E-state index in [4.69, 9.17) is 4.42 Å². The Hall–Kier alpha value is -2.60. The summed E-state index contributed by atoms with van der Waals surface area (Å²) in [5.41, 5.74) is 1.85. The van der Waals surface area contributed by atoms with Gasteiger partial charge in [-0.25, -0.2) is 0 Å². The van der Waals surface area contributed by atoms with Gasteiger partial charge in [-0.1, -0.05) is 18.2 Å². The second-order valence-electron chi connectivity index (χ2n) is 8.34. The molecule has 2 amide bonds. The molecule has 6 heteroatoms. The van der Waals surface area contributed by atoms with Crippen molar-refractivity contribution in [1.29, 1.82) is 0 Å². The normalized spacial score (nSPS) is 17.5. The lowest BCUT2D eigenvalue weighted by atomic mass is 9.93. The summed E-state index contributed by atoms with van der Waals surface area (Å²) in [7, 11) is 4.04. The molecule has 0 radical (unpaired) electrons. The largest absolute Gasteiger partial charge is 0.464 e. The number of nitrogens with zero attached hydrogens (tertiary/aromatic N) is 3. The predicted octanol–water partition coefficient (Wildman–Crippen LogP) is 2.78. The highest BCUT2D eigenvalue weighted by molar-refractivity contribution is 5.94. The van der Waals surface area contributed by atoms with Crippen molar-refractivity contribution in [2.24, 2.45) is 5.92 Å². The Labute approximate surface area is 172 Å². The molecule has 6 nitrogen and oxygen atoms in total. The van der Waals surface area contributed by atoms with E-state index in [1.54, 1.807) is 0 Å². The third-order valence-corrected chi connectivity index (χ3v) is 5.85. The Kier molecular flexibility index (Phi) is 5.72. The number of hydrogen-bond donors (Lipinski definition) is 0. The minimum Gasteiger partial charge on any atom is -0.464 e. The quantitative estimate of drug-likeness (QED) is 0.799. The molecule has 0 N–H and O–H groups in total. The number of furan rings is 1. The smallest absolute Gasteiger partial charge is 0.253 e. The highest BCUT2D eigenvalue weighted by Gasteiger charge is 2.32. The van der Waals surface area contributed by atoms with Gasteiger partial charge in [0.1, 0.15) is 11.5 Å². The summed E-state index contributed by atoms with van der Waals surface area (Å²) in [4.78, 5) is 31.6. The number of carbonyl (C=O) groups excluding carboxylic acids is 2. The van der Waals surface area contributed by atoms with E-state index in [-0.39, 0.29) is 17.7 Å². The van der Waals surface area contributed by atoms with Crippen LogP contribution >= 0.6 is 0 Å². The van der Waals surface area contributed by atoms with Crippen LogP contribution in [0.25, 0.3) is 0 Å². The van der Waals surface area contributed by atoms with Crippen LogP contribution in [-0.2, 0) is 24.3 Å². The number of rotatable bonds is 4. The maximum atomic E-state index is 13.1. The minimum absolute atomic E-state index is 0.00419. The molecule has 0 aliphatic carbocycles. The molecule has 0 unspecified atom stereocenters. The molecule has 154 valence electrons. The maximum Gasteiger partial charge on any atom is 0.253 e. The monoisotopic (exact) mass is 395 g/mol. The number of hydrogen-bond acceptors (Lipinski definition) is 4. The lowest BCUT2D eigenvalue weighted by Gasteiger charge is -2.35. The third kappa shape index (κ3) is 4.37. The summed E-state index contributed by atoms with van der Waals surface area (Å²) in [6.45, 7) is 3.40. The molecular formula is C23H29N3O3. The summed E-state index contributed by atoms with van der Waals surface area (Å²) >= 11 is 0. The summed E-state index contributed by atoms with van der Waals surface area (Å²) in [6, 6.07) is 11.5. The molecule has 3 heterocycles. The van der Waals surface area contributed by atoms with Gasteiger partial charge >= 0.3 is 0 Å². The predicted molar refractivity (Wildman–Crippen MR) is 110 cm³/mol. The number of piperidine rings is 1. The average molecular weight is 396 g/mol. The first-order valence-corrected chi connectivity index (χ1v) is 10.4. The van der Waals surface area contributed by atoms with Gasteiger partial charge in [-0.2, -0.15) is 0 Å². The first-order valence-electron chi connectivity index (χ1n) is 10.4. The summed E-state index contributed by atoms with van der Waals surface area (Å²) in [5, 5.41) is 0. The Bertz CT molecular complexity index is 867. The van der Waals surface area contributed by atoms with Crippen LogP contribution in [0.5, 0.6) is 0 Å². The summed E-state index contributed by atoms with van der Waals surface area (Å²) in [5.74, 6) is 2.27. The highest BCUT2D eigenvalue weighted by atomic mass is 16.3. The van der Waals surface area contributed by atoms with Crippen molar-refractivity contribution >= 4 is 11.8 Å². The van der Waals surface area contributed by atoms with Crippen LogP contribution in [0, 0.1) is 5.92 Å². The minimum atomic E-state index is 0.00419. The second kappa shape index (κ2) is 8.41. The van der Waals surface area contributed by atoms with Crippen LogP contribution in [0.3, 0.4) is 0 Å². The average Bonchev–Trinajstić information content (AvgIpc) is 3.14. The summed E-state index contributed by atoms with van der Waals surface area (Å²) < 4.78 is 5.95. The van der Waals surface area contributed by atoms with E-state index in [1.165, 1.54) is 0 Å². The molecule has 0 bridgehead atoms. The Morgan fingerprint density at radius 2 is 1.79 bits per heavy atom. The second-order valence-corrected chi connectivity index (χ2v) is 8.34. The van der Waals surface area contributed by atoms with Gasteiger partial charge in [0.05, 0.1) is 6.54 Å². The first-order chi connectivity index (χ1) is 14.0. The Morgan fingerprint density at radius 3 is 2.48 bits per heavy atom. The van der Waals surface area contributed by atoms with E-state index in [1.807, 2.05) is 54.2 Å². The zero-order chi connectivity index (χ0) is 20.4. The number of amides is 2. The number of carbonyl (C=O) groups is 2. The number of fused-ring (bicyclic) bond motifs is 1. The van der Waals surface area contributed by atoms with Crippen molar-refractivity contribution in [1.82, 2.24) is 14.7 Å². The molecular weight excluding hydrogens is 366 g/mol. The lowest BCUT2D eigenvalue weighted by molar-refractivity contribution is -0.138. The van der Waals surface area contributed by atoms with E-state index in [0.29, 0.717) is 31.7 Å². The lowest BCUT2D eigenvalue weighted by Crippen LogP contribution is -2.45. The molecule has 0 atom stereocenters. The summed E-state index contributed by atoms with van der Waals surface area (Å²) in [6.07, 6.45) is 2.25. The zero-order valence-electron chi connectivity index (χ0n) is 17.3. The van der Waals surface area contributed by atoms with Crippen molar-refractivity contribution in [2.45, 2.75) is 32.4 Å². The molecule has 2 aromatic rings. The van der Waals surface area contributed by atoms with Crippen molar-refractivity contribution in [3.63, 3.8) is 0 Å². The zero-order valence-corrected chi connectivity index (χ0v) is 17.3. The van der Waals surface area contributed by atoms with Gasteiger partial charge in [0, 0.05) is 49.6 Å². The van der Waals surface area contributed by atoms with Crippen LogP contribution in [-0.4, -0.2) is 60.2 Å². The number of likely N-dealkylation sites (tertiary alicyclic amines) is 1. The van der Waals surface area contributed by atoms with E-state index < -0.39 is 0 Å². The van der Waals surface area contributed by atoms with Gasteiger partial charge < -0.3 is 19.1 Å². The van der Waals surface area contributed by atoms with E-state index in [9.17, 15) is 9.59 Å². The highest BCUT2D eigenvalue weighted by Crippen LogP contribution is 2.27. The van der Waals surface area contributed by atoms with Crippen LogP contribution in [0.2, 0.25) is 0 Å². The van der Waals surface area contributed by atoms with Gasteiger partial charge in [-0.3, -0.25) is 9.59 Å². The number of benzene rings is 1.